The fraction of sp³-hybridized carbons (Fsp3) is 0.160. The van der Waals surface area contributed by atoms with E-state index >= 15 is 0 Å². The van der Waals surface area contributed by atoms with Crippen molar-refractivity contribution < 1.29 is 14.2 Å². The van der Waals surface area contributed by atoms with Crippen molar-refractivity contribution in [3.8, 4) is 17.4 Å². The number of nitrogens with two attached hydrogens (primary N) is 1. The number of anilines is 1. The van der Waals surface area contributed by atoms with Gasteiger partial charge in [0.05, 0.1) is 6.61 Å². The number of rotatable bonds is 9. The third kappa shape index (κ3) is 5.04. The van der Waals surface area contributed by atoms with E-state index in [1.807, 2.05) is 12.1 Å². The molecule has 188 valence electrons. The summed E-state index contributed by atoms with van der Waals surface area (Å²) in [5, 5.41) is 15.5. The van der Waals surface area contributed by atoms with E-state index in [-0.39, 0.29) is 25.2 Å². The number of nitrogens with zero attached hydrogens (tertiary/aromatic N) is 4. The van der Waals surface area contributed by atoms with E-state index in [4.69, 9.17) is 25.4 Å². The first-order chi connectivity index (χ1) is 18.0. The molecule has 0 saturated carbocycles. The Hall–Kier alpha value is -4.97. The lowest BCUT2D eigenvalue weighted by molar-refractivity contribution is -0.0182. The van der Waals surface area contributed by atoms with Crippen LogP contribution in [0.15, 0.2) is 72.3 Å². The van der Waals surface area contributed by atoms with Crippen LogP contribution < -0.4 is 26.2 Å². The van der Waals surface area contributed by atoms with E-state index < -0.39 is 11.7 Å². The summed E-state index contributed by atoms with van der Waals surface area (Å²) in [7, 11) is 0. The quantitative estimate of drug-likeness (QED) is 0.153. The van der Waals surface area contributed by atoms with Crippen LogP contribution in [-0.2, 0) is 11.3 Å². The standard InChI is InChI=1S/C25H24N8O4/c1-2-10-36-19-12-16(11-17-13-35-14-37-21(17)19)20(30-18-6-4-15(5-7-18)22(26)27)23-31-25(34)33(32-23)24-28-8-3-9-29-24/h2-9,11-12,20,30H,1,10,13-14H2,(H3,26,27)(H,31,32,34)/t20-/m0/s1. The molecule has 4 aromatic rings. The highest BCUT2D eigenvalue weighted by atomic mass is 16.7. The molecule has 3 heterocycles. The molecule has 0 aliphatic carbocycles. The van der Waals surface area contributed by atoms with E-state index in [1.54, 1.807) is 36.4 Å². The maximum Gasteiger partial charge on any atom is 0.350 e. The first-order valence-electron chi connectivity index (χ1n) is 11.3. The summed E-state index contributed by atoms with van der Waals surface area (Å²) >= 11 is 0. The molecule has 0 spiro atoms. The minimum Gasteiger partial charge on any atom is -0.486 e. The molecule has 0 radical (unpaired) electrons. The van der Waals surface area contributed by atoms with Gasteiger partial charge in [-0.3, -0.25) is 10.4 Å². The van der Waals surface area contributed by atoms with Gasteiger partial charge in [-0.25, -0.2) is 14.8 Å². The second-order valence-corrected chi connectivity index (χ2v) is 8.06. The number of aromatic nitrogens is 5. The van der Waals surface area contributed by atoms with Crippen molar-refractivity contribution in [2.24, 2.45) is 5.73 Å². The van der Waals surface area contributed by atoms with Crippen molar-refractivity contribution in [1.82, 2.24) is 24.7 Å². The van der Waals surface area contributed by atoms with Crippen molar-refractivity contribution in [3.63, 3.8) is 0 Å². The van der Waals surface area contributed by atoms with Gasteiger partial charge in [0, 0.05) is 29.2 Å². The summed E-state index contributed by atoms with van der Waals surface area (Å²) in [5.74, 6) is 1.54. The van der Waals surface area contributed by atoms with Gasteiger partial charge >= 0.3 is 5.69 Å². The van der Waals surface area contributed by atoms with Gasteiger partial charge in [-0.05, 0) is 48.0 Å². The summed E-state index contributed by atoms with van der Waals surface area (Å²) in [5.41, 5.74) is 7.92. The highest BCUT2D eigenvalue weighted by Crippen LogP contribution is 2.39. The van der Waals surface area contributed by atoms with Crippen LogP contribution in [0.4, 0.5) is 5.69 Å². The molecule has 0 bridgehead atoms. The topological polar surface area (TPSA) is 166 Å². The second kappa shape index (κ2) is 10.3. The fourth-order valence-electron chi connectivity index (χ4n) is 3.86. The van der Waals surface area contributed by atoms with Gasteiger partial charge in [-0.15, -0.1) is 9.78 Å². The van der Waals surface area contributed by atoms with Crippen LogP contribution in [0, 0.1) is 5.41 Å². The number of benzene rings is 2. The Kier molecular flexibility index (Phi) is 6.64. The van der Waals surface area contributed by atoms with Gasteiger partial charge in [0.15, 0.2) is 24.1 Å². The first kappa shape index (κ1) is 23.8. The molecule has 2 aromatic heterocycles. The monoisotopic (exact) mass is 500 g/mol. The predicted molar refractivity (Wildman–Crippen MR) is 135 cm³/mol. The molecule has 0 saturated heterocycles. The Balaban J connectivity index is 1.60. The number of nitrogens with one attached hydrogen (secondary N) is 3. The maximum absolute atomic E-state index is 12.8. The zero-order valence-electron chi connectivity index (χ0n) is 19.7. The minimum atomic E-state index is -0.626. The summed E-state index contributed by atoms with van der Waals surface area (Å²) in [6.45, 7) is 4.45. The lowest BCUT2D eigenvalue weighted by Gasteiger charge is -2.24. The Morgan fingerprint density at radius 3 is 2.81 bits per heavy atom. The van der Waals surface area contributed by atoms with E-state index in [0.717, 1.165) is 15.8 Å². The molecule has 37 heavy (non-hydrogen) atoms. The molecule has 12 heteroatoms. The number of aromatic amines is 1. The van der Waals surface area contributed by atoms with Crippen LogP contribution in [0.1, 0.15) is 28.6 Å². The largest absolute Gasteiger partial charge is 0.486 e. The Labute approximate surface area is 211 Å². The highest BCUT2D eigenvalue weighted by Gasteiger charge is 2.26. The van der Waals surface area contributed by atoms with Crippen LogP contribution in [-0.4, -0.2) is 44.0 Å². The van der Waals surface area contributed by atoms with Crippen molar-refractivity contribution >= 4 is 11.5 Å². The molecule has 5 rings (SSSR count). The van der Waals surface area contributed by atoms with E-state index in [0.29, 0.717) is 35.2 Å². The lowest BCUT2D eigenvalue weighted by atomic mass is 10.0. The number of H-pyrrole nitrogens is 1. The zero-order chi connectivity index (χ0) is 25.8. The Bertz CT molecular complexity index is 1480. The van der Waals surface area contributed by atoms with Crippen molar-refractivity contribution in [3.05, 3.63) is 101 Å². The zero-order valence-corrected chi connectivity index (χ0v) is 19.7. The van der Waals surface area contributed by atoms with Gasteiger partial charge in [0.2, 0.25) is 0 Å². The molecule has 1 aliphatic rings. The molecule has 1 atom stereocenters. The summed E-state index contributed by atoms with van der Waals surface area (Å²) in [6.07, 6.45) is 4.70. The minimum absolute atomic E-state index is 0.0345. The summed E-state index contributed by atoms with van der Waals surface area (Å²) in [6, 6.07) is 11.8. The number of ether oxygens (including phenoxy) is 3. The molecule has 0 unspecified atom stereocenters. The van der Waals surface area contributed by atoms with E-state index in [1.165, 1.54) is 12.4 Å². The summed E-state index contributed by atoms with van der Waals surface area (Å²) < 4.78 is 18.2. The van der Waals surface area contributed by atoms with Crippen LogP contribution in [0.2, 0.25) is 0 Å². The molecule has 0 amide bonds. The molecular formula is C25H24N8O4. The molecule has 5 N–H and O–H groups in total. The number of hydrogen-bond acceptors (Lipinski definition) is 9. The highest BCUT2D eigenvalue weighted by molar-refractivity contribution is 5.95. The molecular weight excluding hydrogens is 476 g/mol. The predicted octanol–water partition coefficient (Wildman–Crippen LogP) is 2.27. The van der Waals surface area contributed by atoms with Crippen LogP contribution >= 0.6 is 0 Å². The third-order valence-electron chi connectivity index (χ3n) is 5.55. The molecule has 1 aliphatic heterocycles. The average molecular weight is 501 g/mol. The lowest BCUT2D eigenvalue weighted by Crippen LogP contribution is -2.18. The van der Waals surface area contributed by atoms with Gasteiger partial charge in [-0.1, -0.05) is 12.7 Å². The number of fused-ring (bicyclic) bond motifs is 1. The van der Waals surface area contributed by atoms with Gasteiger partial charge in [0.1, 0.15) is 18.5 Å². The number of hydrogen-bond donors (Lipinski definition) is 4. The number of amidine groups is 1. The van der Waals surface area contributed by atoms with Gasteiger partial charge < -0.3 is 25.3 Å². The second-order valence-electron chi connectivity index (χ2n) is 8.06. The van der Waals surface area contributed by atoms with Crippen molar-refractivity contribution in [2.45, 2.75) is 12.6 Å². The molecule has 2 aromatic carbocycles. The Morgan fingerprint density at radius 2 is 2.08 bits per heavy atom. The SMILES string of the molecule is C=CCOc1cc([C@H](Nc2ccc(C(=N)N)cc2)c2nn(-c3ncccn3)c(=O)[nH]2)cc2c1OCOC2. The van der Waals surface area contributed by atoms with E-state index in [2.05, 4.69) is 31.9 Å². The maximum atomic E-state index is 12.8. The number of nitrogen functional groups attached to an aromatic ring is 1. The van der Waals surface area contributed by atoms with Crippen LogP contribution in [0.25, 0.3) is 5.95 Å². The normalized spacial score (nSPS) is 13.2. The van der Waals surface area contributed by atoms with Crippen LogP contribution in [0.5, 0.6) is 11.5 Å². The van der Waals surface area contributed by atoms with E-state index in [9.17, 15) is 4.79 Å². The van der Waals surface area contributed by atoms with Crippen LogP contribution in [0.3, 0.4) is 0 Å². The Morgan fingerprint density at radius 1 is 1.30 bits per heavy atom. The smallest absolute Gasteiger partial charge is 0.350 e. The average Bonchev–Trinajstić information content (AvgIpc) is 3.32. The first-order valence-corrected chi connectivity index (χ1v) is 11.3. The van der Waals surface area contributed by atoms with Crippen molar-refractivity contribution in [1.29, 1.82) is 5.41 Å². The molecule has 0 fully saturated rings. The molecule has 12 nitrogen and oxygen atoms in total. The van der Waals surface area contributed by atoms with Crippen molar-refractivity contribution in [2.75, 3.05) is 18.7 Å². The van der Waals surface area contributed by atoms with Gasteiger partial charge in [0.25, 0.3) is 5.95 Å². The third-order valence-corrected chi connectivity index (χ3v) is 5.55. The summed E-state index contributed by atoms with van der Waals surface area (Å²) in [4.78, 5) is 23.9. The fourth-order valence-corrected chi connectivity index (χ4v) is 3.86. The van der Waals surface area contributed by atoms with Gasteiger partial charge in [-0.2, -0.15) is 0 Å².